The van der Waals surface area contributed by atoms with Crippen LogP contribution in [0.15, 0.2) is 36.4 Å². The maximum Gasteiger partial charge on any atom is 0.407 e. The summed E-state index contributed by atoms with van der Waals surface area (Å²) in [6.45, 7) is 37.0. The number of carbonyl (C=O) groups is 16. The number of hydrogen-bond donors (Lipinski definition) is 14. The Morgan fingerprint density at radius 3 is 1.29 bits per heavy atom. The molecule has 16 amide bonds. The Kier molecular flexibility index (Phi) is 68.9. The summed E-state index contributed by atoms with van der Waals surface area (Å²) in [6, 6.07) is 5.72. The van der Waals surface area contributed by atoms with Gasteiger partial charge in [-0.1, -0.05) is 103 Å². The minimum Gasteiger partial charge on any atom is -0.445 e. The molecular weight excluding hydrogens is 1640 g/mol. The monoisotopic (exact) mass is 1780 g/mol. The average Bonchev–Trinajstić information content (AvgIpc) is 1.80. The fraction of sp³-hybridized carbons (Fsp3) is 0.711. The zero-order chi connectivity index (χ0) is 93.0. The van der Waals surface area contributed by atoms with Crippen molar-refractivity contribution in [2.24, 2.45) is 11.7 Å². The number of imide groups is 3. The van der Waals surface area contributed by atoms with Crippen LogP contribution in [0.5, 0.6) is 0 Å². The molecule has 1 aromatic rings. The number of hydrogen-bond acceptors (Lipinski definition) is 29. The number of alkyl carbamates (subject to hydrolysis) is 1. The molecule has 1 aromatic carbocycles. The molecule has 4 rings (SSSR count). The molecule has 0 aromatic heterocycles. The predicted molar refractivity (Wildman–Crippen MR) is 464 cm³/mol. The molecule has 15 N–H and O–H groups in total. The van der Waals surface area contributed by atoms with Crippen molar-refractivity contribution < 1.29 is 120 Å². The number of nitrogens with two attached hydrogens (primary N) is 1. The summed E-state index contributed by atoms with van der Waals surface area (Å²) in [4.78, 5) is 197. The minimum atomic E-state index is -0.999. The van der Waals surface area contributed by atoms with Gasteiger partial charge in [0.2, 0.25) is 41.4 Å². The molecule has 42 heteroatoms. The molecule has 0 radical (unpaired) electrons. The standard InChI is InChI=1S/C34H58N8O9.C19H32N4O6.C14H24N2O6.C8H18N2O.C7H11NO3.CH4/c1-6-28(43)37-17-19-50-21-20-49-18-13-29(44)42-30(23(2)3)32(46)41-27(8-7-14-38-33(35)47)31(45)40-26-11-9-25(10-12-26)22-51-34(48)39-16-15-36-24(4)5;1-15(2)20-9-12-29-14-13-28-11-6-17(25)22-8-7-21-16(24)5-10-23-18(26)3-4-19(23)27;1-11(2)15-6-8-21-10-9-20-7-5-14(19)22-16-12(17)3-4-13(16)18;1-4-8(11)10-6-5-9-7(2)3;1-5(2)11-8-6(9)3-4-7(8)10;/h9-12,23-24,27,30,36H,6-8,13-22H2,1-5H3,(H,37,43)(H,39,48)(H,40,45)(H,41,46)(H,42,44)(H3,35,38,47);3-4,15,20H,5-14H2,1-2H3,(H,21,24)(H,22,25);11,15H,3-10H2,1-2H3;7,9H,4-6H2,1-3H3,(H,10,11);5H,3-4H2,1-2H3;1H4/t27-,30-;;;;;/m0...../s1. The summed E-state index contributed by atoms with van der Waals surface area (Å²) >= 11 is 0. The summed E-state index contributed by atoms with van der Waals surface area (Å²) in [6.07, 6.45) is 4.16. The van der Waals surface area contributed by atoms with Crippen molar-refractivity contribution >= 4 is 101 Å². The van der Waals surface area contributed by atoms with E-state index in [1.54, 1.807) is 58.9 Å². The lowest BCUT2D eigenvalue weighted by atomic mass is 10.0. The van der Waals surface area contributed by atoms with Gasteiger partial charge in [0.05, 0.1) is 91.8 Å². The van der Waals surface area contributed by atoms with Crippen molar-refractivity contribution in [1.82, 2.24) is 78.8 Å². The summed E-state index contributed by atoms with van der Waals surface area (Å²) in [5.74, 6) is -5.05. The molecule has 125 heavy (non-hydrogen) atoms. The van der Waals surface area contributed by atoms with E-state index >= 15 is 0 Å². The highest BCUT2D eigenvalue weighted by atomic mass is 16.7. The normalized spacial score (nSPS) is 13.2. The van der Waals surface area contributed by atoms with Gasteiger partial charge in [-0.2, -0.15) is 5.06 Å². The number of rotatable bonds is 60. The molecule has 0 unspecified atom stereocenters. The van der Waals surface area contributed by atoms with Crippen LogP contribution >= 0.6 is 0 Å². The maximum atomic E-state index is 13.4. The number of anilines is 1. The van der Waals surface area contributed by atoms with E-state index in [0.717, 1.165) is 36.1 Å². The van der Waals surface area contributed by atoms with Gasteiger partial charge < -0.3 is 113 Å². The molecule has 3 aliphatic rings. The predicted octanol–water partition coefficient (Wildman–Crippen LogP) is 1.47. The van der Waals surface area contributed by atoms with E-state index in [2.05, 4.69) is 111 Å². The molecule has 0 bridgehead atoms. The first-order valence-electron chi connectivity index (χ1n) is 42.5. The molecule has 714 valence electrons. The number of primary amides is 1. The van der Waals surface area contributed by atoms with E-state index in [9.17, 15) is 76.7 Å². The van der Waals surface area contributed by atoms with E-state index in [0.29, 0.717) is 145 Å². The second-order valence-electron chi connectivity index (χ2n) is 29.6. The van der Waals surface area contributed by atoms with Gasteiger partial charge in [0.15, 0.2) is 0 Å². The Balaban J connectivity index is 0. The third kappa shape index (κ3) is 64.6. The zero-order valence-electron chi connectivity index (χ0n) is 75.2. The molecule has 2 fully saturated rings. The Labute approximate surface area is 736 Å². The first kappa shape index (κ1) is 117. The lowest BCUT2D eigenvalue weighted by Crippen LogP contribution is -2.54. The van der Waals surface area contributed by atoms with Gasteiger partial charge in [0.1, 0.15) is 18.7 Å². The van der Waals surface area contributed by atoms with Gasteiger partial charge in [-0.15, -0.1) is 5.06 Å². The highest BCUT2D eigenvalue weighted by Gasteiger charge is 2.34. The molecular formula is C83H147N17O25. The quantitative estimate of drug-likeness (QED) is 0.0324. The smallest absolute Gasteiger partial charge is 0.407 e. The Morgan fingerprint density at radius 1 is 0.424 bits per heavy atom. The van der Waals surface area contributed by atoms with Crippen molar-refractivity contribution in [2.75, 3.05) is 157 Å². The van der Waals surface area contributed by atoms with E-state index in [4.69, 9.17) is 48.6 Å². The van der Waals surface area contributed by atoms with Crippen molar-refractivity contribution in [3.8, 4) is 0 Å². The number of amides is 16. The lowest BCUT2D eigenvalue weighted by Gasteiger charge is -2.25. The van der Waals surface area contributed by atoms with Crippen LogP contribution in [0.1, 0.15) is 187 Å². The van der Waals surface area contributed by atoms with Crippen LogP contribution in [-0.2, 0) is 117 Å². The molecule has 2 atom stereocenters. The minimum absolute atomic E-state index is 0. The Bertz CT molecular complexity index is 3300. The molecule has 3 aliphatic heterocycles. The summed E-state index contributed by atoms with van der Waals surface area (Å²) in [5.41, 5.74) is 6.30. The first-order valence-corrected chi connectivity index (χ1v) is 42.5. The largest absolute Gasteiger partial charge is 0.445 e. The molecule has 0 aliphatic carbocycles. The summed E-state index contributed by atoms with van der Waals surface area (Å²) in [5, 5.41) is 38.4. The summed E-state index contributed by atoms with van der Waals surface area (Å²) < 4.78 is 37.3. The Morgan fingerprint density at radius 2 is 0.832 bits per heavy atom. The van der Waals surface area contributed by atoms with Gasteiger partial charge in [0, 0.05) is 172 Å². The number of carbonyl (C=O) groups excluding carboxylic acids is 16. The highest BCUT2D eigenvalue weighted by Crippen LogP contribution is 2.16. The molecule has 2 saturated heterocycles. The number of benzene rings is 1. The topological polar surface area (TPSA) is 548 Å². The van der Waals surface area contributed by atoms with Crippen LogP contribution < -0.4 is 74.9 Å². The lowest BCUT2D eigenvalue weighted by molar-refractivity contribution is -0.198. The number of nitrogens with one attached hydrogen (secondary N) is 13. The van der Waals surface area contributed by atoms with Crippen LogP contribution in [-0.4, -0.2) is 304 Å². The number of ether oxygens (including phenoxy) is 7. The van der Waals surface area contributed by atoms with Crippen LogP contribution in [0.4, 0.5) is 15.3 Å². The van der Waals surface area contributed by atoms with Gasteiger partial charge in [-0.25, -0.2) is 14.4 Å². The van der Waals surface area contributed by atoms with E-state index < -0.39 is 71.5 Å². The van der Waals surface area contributed by atoms with Crippen LogP contribution in [0, 0.1) is 5.92 Å². The van der Waals surface area contributed by atoms with Crippen LogP contribution in [0.2, 0.25) is 0 Å². The molecule has 42 nitrogen and oxygen atoms in total. The van der Waals surface area contributed by atoms with Gasteiger partial charge >= 0.3 is 18.1 Å². The molecule has 0 saturated carbocycles. The third-order valence-corrected chi connectivity index (χ3v) is 16.5. The van der Waals surface area contributed by atoms with Gasteiger partial charge in [-0.3, -0.25) is 72.1 Å². The van der Waals surface area contributed by atoms with E-state index in [1.807, 2.05) is 20.8 Å². The second kappa shape index (κ2) is 73.4. The van der Waals surface area contributed by atoms with Crippen molar-refractivity contribution in [1.29, 1.82) is 0 Å². The number of hydroxylamine groups is 4. The van der Waals surface area contributed by atoms with Crippen molar-refractivity contribution in [2.45, 2.75) is 230 Å². The van der Waals surface area contributed by atoms with Crippen LogP contribution in [0.3, 0.4) is 0 Å². The molecule has 0 spiro atoms. The average molecular weight is 1780 g/mol. The van der Waals surface area contributed by atoms with E-state index in [-0.39, 0.29) is 159 Å². The van der Waals surface area contributed by atoms with Crippen LogP contribution in [0.25, 0.3) is 0 Å². The van der Waals surface area contributed by atoms with E-state index in [1.165, 1.54) is 12.2 Å². The Hall–Kier alpha value is -9.76. The van der Waals surface area contributed by atoms with Crippen molar-refractivity contribution in [3.63, 3.8) is 0 Å². The first-order chi connectivity index (χ1) is 59.0. The van der Waals surface area contributed by atoms with Crippen molar-refractivity contribution in [3.05, 3.63) is 42.0 Å². The van der Waals surface area contributed by atoms with Gasteiger partial charge in [0.25, 0.3) is 35.4 Å². The molecule has 3 heterocycles. The summed E-state index contributed by atoms with van der Waals surface area (Å²) in [7, 11) is 0. The number of urea groups is 1. The third-order valence-electron chi connectivity index (χ3n) is 16.5. The fourth-order valence-electron chi connectivity index (χ4n) is 9.97. The SMILES string of the molecule is C.CC(C)NCCOCCOCCC(=O)NCCNC(=O)CCN1C(=O)C=CC1=O.CC(C)NCCOCCOCCC(=O)ON1C(=O)CCC1=O.CC(C)ON1C(=O)CCC1=O.CCC(=O)NCCNC(C)C.CCC(=O)NCCOCCOCCC(=O)N[C@H](C(=O)N[C@@H](CCCNC(N)=O)C(=O)Nc1ccc(COC(=O)NCCNC(C)C)cc1)C(C)C. The maximum absolute atomic E-state index is 13.4. The highest BCUT2D eigenvalue weighted by molar-refractivity contribution is 6.13. The van der Waals surface area contributed by atoms with Gasteiger partial charge in [-0.05, 0) is 50.3 Å². The second-order valence-corrected chi connectivity index (χ2v) is 29.6. The number of nitrogens with zero attached hydrogens (tertiary/aromatic N) is 3. The zero-order valence-corrected chi connectivity index (χ0v) is 75.2. The fourth-order valence-corrected chi connectivity index (χ4v) is 9.97.